The Balaban J connectivity index is 2.63. The molecule has 0 aliphatic rings. The molecule has 0 radical (unpaired) electrons. The van der Waals surface area contributed by atoms with Gasteiger partial charge in [-0.1, -0.05) is 43.0 Å². The van der Waals surface area contributed by atoms with E-state index in [1.807, 2.05) is 30.3 Å². The van der Waals surface area contributed by atoms with Gasteiger partial charge in [-0.2, -0.15) is 0 Å². The first kappa shape index (κ1) is 14.6. The maximum Gasteiger partial charge on any atom is 0.262 e. The van der Waals surface area contributed by atoms with Crippen molar-refractivity contribution in [3.8, 4) is 0 Å². The van der Waals surface area contributed by atoms with Gasteiger partial charge in [0.25, 0.3) is 5.70 Å². The summed E-state index contributed by atoms with van der Waals surface area (Å²) in [4.78, 5) is 9.78. The Morgan fingerprint density at radius 2 is 1.84 bits per heavy atom. The lowest BCUT2D eigenvalue weighted by molar-refractivity contribution is -0.418. The molecule has 0 aliphatic heterocycles. The second-order valence-corrected chi connectivity index (χ2v) is 3.89. The minimum atomic E-state index is -0.554. The van der Waals surface area contributed by atoms with Crippen molar-refractivity contribution in [2.75, 3.05) is 0 Å². The molecule has 0 spiro atoms. The molecular weight excluding hydrogens is 242 g/mol. The van der Waals surface area contributed by atoms with Crippen LogP contribution in [0.1, 0.15) is 11.1 Å². The summed E-state index contributed by atoms with van der Waals surface area (Å²) in [6, 6.07) is 7.39. The molecular formula is C15H15NO3. The van der Waals surface area contributed by atoms with Gasteiger partial charge in [0, 0.05) is 6.08 Å². The zero-order valence-corrected chi connectivity index (χ0v) is 10.5. The zero-order chi connectivity index (χ0) is 14.3. The van der Waals surface area contributed by atoms with Crippen LogP contribution in [0.3, 0.4) is 0 Å². The van der Waals surface area contributed by atoms with Crippen molar-refractivity contribution in [1.82, 2.24) is 0 Å². The highest BCUT2D eigenvalue weighted by molar-refractivity contribution is 5.54. The quantitative estimate of drug-likeness (QED) is 0.484. The van der Waals surface area contributed by atoms with E-state index in [4.69, 9.17) is 5.11 Å². The van der Waals surface area contributed by atoms with Crippen LogP contribution in [0.2, 0.25) is 0 Å². The van der Waals surface area contributed by atoms with Crippen LogP contribution < -0.4 is 0 Å². The van der Waals surface area contributed by atoms with E-state index < -0.39 is 4.92 Å². The highest BCUT2D eigenvalue weighted by Crippen LogP contribution is 2.08. The Hall–Kier alpha value is -2.46. The summed E-state index contributed by atoms with van der Waals surface area (Å²) in [5, 5.41) is 19.2. The van der Waals surface area contributed by atoms with Gasteiger partial charge in [0.1, 0.15) is 0 Å². The van der Waals surface area contributed by atoms with E-state index in [1.54, 1.807) is 6.08 Å². The van der Waals surface area contributed by atoms with E-state index in [1.165, 1.54) is 12.2 Å². The molecule has 0 fully saturated rings. The Kier molecular flexibility index (Phi) is 5.44. The maximum absolute atomic E-state index is 10.3. The fourth-order valence-electron chi connectivity index (χ4n) is 1.26. The monoisotopic (exact) mass is 257 g/mol. The Morgan fingerprint density at radius 3 is 2.37 bits per heavy atom. The summed E-state index contributed by atoms with van der Waals surface area (Å²) in [6.45, 7) is 7.06. The van der Waals surface area contributed by atoms with Gasteiger partial charge in [-0.3, -0.25) is 10.1 Å². The van der Waals surface area contributed by atoms with E-state index >= 15 is 0 Å². The lowest BCUT2D eigenvalue weighted by Gasteiger charge is -1.97. The average Bonchev–Trinajstić information content (AvgIpc) is 2.42. The predicted molar refractivity (Wildman–Crippen MR) is 75.8 cm³/mol. The van der Waals surface area contributed by atoms with Crippen LogP contribution in [0.25, 0.3) is 6.08 Å². The molecule has 0 unspecified atom stereocenters. The molecule has 0 saturated carbocycles. The smallest absolute Gasteiger partial charge is 0.262 e. The van der Waals surface area contributed by atoms with Gasteiger partial charge in [0.05, 0.1) is 11.5 Å². The standard InChI is InChI=1S/C15H15NO3/c1-12(3-5-13(2)16(18)19)4-6-14-7-9-15(11-17)10-8-14/h3-10,17H,1-2,11H2/b5-3-,6-4+. The summed E-state index contributed by atoms with van der Waals surface area (Å²) >= 11 is 0. The first-order chi connectivity index (χ1) is 9.02. The van der Waals surface area contributed by atoms with Gasteiger partial charge < -0.3 is 5.11 Å². The van der Waals surface area contributed by atoms with Crippen molar-refractivity contribution < 1.29 is 10.0 Å². The van der Waals surface area contributed by atoms with Crippen molar-refractivity contribution in [1.29, 1.82) is 0 Å². The lowest BCUT2D eigenvalue weighted by Crippen LogP contribution is -1.92. The van der Waals surface area contributed by atoms with Crippen molar-refractivity contribution >= 4 is 6.08 Å². The lowest BCUT2D eigenvalue weighted by atomic mass is 10.1. The van der Waals surface area contributed by atoms with Crippen LogP contribution in [0.4, 0.5) is 0 Å². The normalized spacial score (nSPS) is 11.0. The van der Waals surface area contributed by atoms with Crippen molar-refractivity contribution in [3.05, 3.63) is 88.2 Å². The molecule has 0 aliphatic carbocycles. The number of hydrogen-bond donors (Lipinski definition) is 1. The fourth-order valence-corrected chi connectivity index (χ4v) is 1.26. The highest BCUT2D eigenvalue weighted by atomic mass is 16.6. The van der Waals surface area contributed by atoms with Crippen molar-refractivity contribution in [2.45, 2.75) is 6.61 Å². The molecule has 0 amide bonds. The SMILES string of the molecule is C=C(/C=C\C(=C)[N+](=O)[O-])/C=C/c1ccc(CO)cc1. The van der Waals surface area contributed by atoms with E-state index in [9.17, 15) is 10.1 Å². The minimum Gasteiger partial charge on any atom is -0.392 e. The van der Waals surface area contributed by atoms with Gasteiger partial charge >= 0.3 is 0 Å². The zero-order valence-electron chi connectivity index (χ0n) is 10.5. The van der Waals surface area contributed by atoms with E-state index in [-0.39, 0.29) is 12.3 Å². The number of rotatable bonds is 6. The number of hydrogen-bond acceptors (Lipinski definition) is 3. The van der Waals surface area contributed by atoms with Crippen LogP contribution in [0.5, 0.6) is 0 Å². The first-order valence-electron chi connectivity index (χ1n) is 5.61. The molecule has 1 rings (SSSR count). The minimum absolute atomic E-state index is 0.0163. The van der Waals surface area contributed by atoms with E-state index in [0.717, 1.165) is 11.1 Å². The maximum atomic E-state index is 10.3. The Morgan fingerprint density at radius 1 is 1.21 bits per heavy atom. The molecule has 19 heavy (non-hydrogen) atoms. The number of nitro groups is 1. The molecule has 0 bridgehead atoms. The molecule has 0 atom stereocenters. The molecule has 0 saturated heterocycles. The van der Waals surface area contributed by atoms with Crippen LogP contribution >= 0.6 is 0 Å². The molecule has 4 heteroatoms. The second-order valence-electron chi connectivity index (χ2n) is 3.89. The Bertz CT molecular complexity index is 539. The third kappa shape index (κ3) is 5.14. The average molecular weight is 257 g/mol. The number of nitrogens with zero attached hydrogens (tertiary/aromatic N) is 1. The topological polar surface area (TPSA) is 63.4 Å². The van der Waals surface area contributed by atoms with Gasteiger partial charge in [-0.05, 0) is 29.4 Å². The van der Waals surface area contributed by atoms with Crippen LogP contribution in [-0.4, -0.2) is 10.0 Å². The summed E-state index contributed by atoms with van der Waals surface area (Å²) in [5.74, 6) is 0. The molecule has 0 heterocycles. The van der Waals surface area contributed by atoms with Gasteiger partial charge in [0.2, 0.25) is 0 Å². The molecule has 1 aromatic rings. The second kappa shape index (κ2) is 7.08. The third-order valence-corrected chi connectivity index (χ3v) is 2.38. The van der Waals surface area contributed by atoms with Crippen LogP contribution in [0, 0.1) is 10.1 Å². The van der Waals surface area contributed by atoms with Crippen LogP contribution in [-0.2, 0) is 6.61 Å². The highest BCUT2D eigenvalue weighted by Gasteiger charge is 1.98. The van der Waals surface area contributed by atoms with Gasteiger partial charge in [0.15, 0.2) is 0 Å². The van der Waals surface area contributed by atoms with Gasteiger partial charge in [-0.25, -0.2) is 0 Å². The first-order valence-corrected chi connectivity index (χ1v) is 5.61. The fraction of sp³-hybridized carbons (Fsp3) is 0.0667. The number of benzene rings is 1. The number of aliphatic hydroxyl groups is 1. The predicted octanol–water partition coefficient (Wildman–Crippen LogP) is 3.09. The molecule has 0 aromatic heterocycles. The summed E-state index contributed by atoms with van der Waals surface area (Å²) < 4.78 is 0. The third-order valence-electron chi connectivity index (χ3n) is 2.38. The molecule has 1 N–H and O–H groups in total. The molecule has 1 aromatic carbocycles. The van der Waals surface area contributed by atoms with Gasteiger partial charge in [-0.15, -0.1) is 0 Å². The van der Waals surface area contributed by atoms with E-state index in [0.29, 0.717) is 5.57 Å². The van der Waals surface area contributed by atoms with Crippen LogP contribution in [0.15, 0.2) is 66.9 Å². The number of aliphatic hydroxyl groups excluding tert-OH is 1. The molecule has 98 valence electrons. The largest absolute Gasteiger partial charge is 0.392 e. The summed E-state index contributed by atoms with van der Waals surface area (Å²) in [7, 11) is 0. The summed E-state index contributed by atoms with van der Waals surface area (Å²) in [6.07, 6.45) is 6.42. The number of allylic oxidation sites excluding steroid dienone is 4. The molecule has 4 nitrogen and oxygen atoms in total. The van der Waals surface area contributed by atoms with Crippen molar-refractivity contribution in [2.24, 2.45) is 0 Å². The van der Waals surface area contributed by atoms with E-state index in [2.05, 4.69) is 13.2 Å². The Labute approximate surface area is 111 Å². The summed E-state index contributed by atoms with van der Waals surface area (Å²) in [5.41, 5.74) is 2.26. The van der Waals surface area contributed by atoms with Crippen molar-refractivity contribution in [3.63, 3.8) is 0 Å².